The summed E-state index contributed by atoms with van der Waals surface area (Å²) < 4.78 is 32.8. The molecule has 0 heterocycles. The van der Waals surface area contributed by atoms with Crippen molar-refractivity contribution in [1.29, 1.82) is 0 Å². The van der Waals surface area contributed by atoms with E-state index >= 15 is 0 Å². The first-order valence-electron chi connectivity index (χ1n) is 6.64. The van der Waals surface area contributed by atoms with Gasteiger partial charge in [-0.05, 0) is 30.7 Å². The first kappa shape index (κ1) is 15.3. The molecule has 20 heavy (non-hydrogen) atoms. The number of anilines is 1. The van der Waals surface area contributed by atoms with Crippen LogP contribution in [-0.4, -0.2) is 34.7 Å². The fourth-order valence-electron chi connectivity index (χ4n) is 2.54. The van der Waals surface area contributed by atoms with Gasteiger partial charge in [0.25, 0.3) is 0 Å². The van der Waals surface area contributed by atoms with E-state index in [0.717, 1.165) is 5.69 Å². The molecule has 6 heteroatoms. The molecule has 0 radical (unpaired) electrons. The Labute approximate surface area is 120 Å². The average Bonchev–Trinajstić information content (AvgIpc) is 2.43. The van der Waals surface area contributed by atoms with Gasteiger partial charge in [0.05, 0.1) is 11.0 Å². The Balaban J connectivity index is 2.12. The van der Waals surface area contributed by atoms with Gasteiger partial charge in [0.1, 0.15) is 0 Å². The van der Waals surface area contributed by atoms with Gasteiger partial charge in [-0.15, -0.1) is 0 Å². The molecule has 112 valence electrons. The Morgan fingerprint density at radius 1 is 1.25 bits per heavy atom. The second-order valence-electron chi connectivity index (χ2n) is 5.73. The standard InChI is InChI=1S/C14H22N2O3S/c1-14(2)12(9-13(14)19-4)16-20(17,18)11-7-5-10(15-3)6-8-11/h5-8,12-13,15-16H,9H2,1-4H3. The van der Waals surface area contributed by atoms with Crippen molar-refractivity contribution in [3.05, 3.63) is 24.3 Å². The monoisotopic (exact) mass is 298 g/mol. The molecule has 0 saturated heterocycles. The van der Waals surface area contributed by atoms with Crippen LogP contribution in [0, 0.1) is 5.41 Å². The lowest BCUT2D eigenvalue weighted by molar-refractivity contribution is -0.0908. The number of hydrogen-bond donors (Lipinski definition) is 2. The van der Waals surface area contributed by atoms with E-state index in [4.69, 9.17) is 4.74 Å². The fraction of sp³-hybridized carbons (Fsp3) is 0.571. The molecule has 0 amide bonds. The highest BCUT2D eigenvalue weighted by Crippen LogP contribution is 2.43. The van der Waals surface area contributed by atoms with Crippen LogP contribution in [-0.2, 0) is 14.8 Å². The molecule has 2 unspecified atom stereocenters. The third-order valence-corrected chi connectivity index (χ3v) is 5.70. The van der Waals surface area contributed by atoms with Crippen molar-refractivity contribution < 1.29 is 13.2 Å². The number of methoxy groups -OCH3 is 1. The summed E-state index contributed by atoms with van der Waals surface area (Å²) in [5.41, 5.74) is 0.694. The van der Waals surface area contributed by atoms with Crippen molar-refractivity contribution in [3.8, 4) is 0 Å². The molecule has 1 fully saturated rings. The van der Waals surface area contributed by atoms with Crippen LogP contribution < -0.4 is 10.0 Å². The maximum Gasteiger partial charge on any atom is 0.240 e. The van der Waals surface area contributed by atoms with E-state index in [9.17, 15) is 8.42 Å². The van der Waals surface area contributed by atoms with Crippen LogP contribution in [0.4, 0.5) is 5.69 Å². The Hall–Kier alpha value is -1.11. The van der Waals surface area contributed by atoms with Gasteiger partial charge in [-0.2, -0.15) is 0 Å². The number of hydrogen-bond acceptors (Lipinski definition) is 4. The number of sulfonamides is 1. The smallest absolute Gasteiger partial charge is 0.240 e. The van der Waals surface area contributed by atoms with Gasteiger partial charge in [-0.3, -0.25) is 0 Å². The van der Waals surface area contributed by atoms with Gasteiger partial charge in [0, 0.05) is 31.3 Å². The van der Waals surface area contributed by atoms with Gasteiger partial charge in [0.2, 0.25) is 10.0 Å². The molecule has 2 N–H and O–H groups in total. The van der Waals surface area contributed by atoms with E-state index in [0.29, 0.717) is 6.42 Å². The van der Waals surface area contributed by atoms with E-state index in [1.807, 2.05) is 13.8 Å². The van der Waals surface area contributed by atoms with Crippen molar-refractivity contribution >= 4 is 15.7 Å². The minimum Gasteiger partial charge on any atom is -0.388 e. The number of rotatable bonds is 5. The minimum atomic E-state index is -3.48. The van der Waals surface area contributed by atoms with Crippen molar-refractivity contribution in [3.63, 3.8) is 0 Å². The van der Waals surface area contributed by atoms with Crippen LogP contribution in [0.15, 0.2) is 29.2 Å². The summed E-state index contributed by atoms with van der Waals surface area (Å²) in [7, 11) is -0.0259. The molecule has 1 saturated carbocycles. The predicted octanol–water partition coefficient (Wildman–Crippen LogP) is 1.82. The van der Waals surface area contributed by atoms with Crippen LogP contribution >= 0.6 is 0 Å². The van der Waals surface area contributed by atoms with Crippen LogP contribution in [0.3, 0.4) is 0 Å². The zero-order valence-corrected chi connectivity index (χ0v) is 13.1. The summed E-state index contributed by atoms with van der Waals surface area (Å²) in [5, 5.41) is 2.96. The molecular weight excluding hydrogens is 276 g/mol. The van der Waals surface area contributed by atoms with Gasteiger partial charge >= 0.3 is 0 Å². The highest BCUT2D eigenvalue weighted by molar-refractivity contribution is 7.89. The molecule has 1 aromatic rings. The molecule has 0 spiro atoms. The van der Waals surface area contributed by atoms with Gasteiger partial charge in [0.15, 0.2) is 0 Å². The summed E-state index contributed by atoms with van der Waals surface area (Å²) in [5.74, 6) is 0. The van der Waals surface area contributed by atoms with Crippen LogP contribution in [0.1, 0.15) is 20.3 Å². The molecule has 0 aliphatic heterocycles. The van der Waals surface area contributed by atoms with E-state index in [1.54, 1.807) is 38.4 Å². The van der Waals surface area contributed by atoms with Crippen molar-refractivity contribution in [2.24, 2.45) is 5.41 Å². The number of ether oxygens (including phenoxy) is 1. The Morgan fingerprint density at radius 3 is 2.30 bits per heavy atom. The highest BCUT2D eigenvalue weighted by Gasteiger charge is 2.50. The van der Waals surface area contributed by atoms with E-state index in [-0.39, 0.29) is 22.5 Å². The normalized spacial score (nSPS) is 25.0. The van der Waals surface area contributed by atoms with E-state index in [2.05, 4.69) is 10.0 Å². The van der Waals surface area contributed by atoms with E-state index < -0.39 is 10.0 Å². The summed E-state index contributed by atoms with van der Waals surface area (Å²) in [6.07, 6.45) is 0.805. The molecule has 1 aliphatic rings. The summed E-state index contributed by atoms with van der Waals surface area (Å²) >= 11 is 0. The van der Waals surface area contributed by atoms with Gasteiger partial charge in [-0.1, -0.05) is 13.8 Å². The molecule has 5 nitrogen and oxygen atoms in total. The largest absolute Gasteiger partial charge is 0.388 e. The maximum atomic E-state index is 12.3. The molecule has 2 rings (SSSR count). The Kier molecular flexibility index (Phi) is 4.09. The Morgan fingerprint density at radius 2 is 1.85 bits per heavy atom. The van der Waals surface area contributed by atoms with Gasteiger partial charge < -0.3 is 10.1 Å². The summed E-state index contributed by atoms with van der Waals surface area (Å²) in [4.78, 5) is 0.285. The molecular formula is C14H22N2O3S. The second kappa shape index (κ2) is 5.35. The topological polar surface area (TPSA) is 67.4 Å². The SMILES string of the molecule is CNc1ccc(S(=O)(=O)NC2CC(OC)C2(C)C)cc1. The summed E-state index contributed by atoms with van der Waals surface area (Å²) in [6, 6.07) is 6.61. The summed E-state index contributed by atoms with van der Waals surface area (Å²) in [6.45, 7) is 4.03. The lowest BCUT2D eigenvalue weighted by Crippen LogP contribution is -2.61. The molecule has 2 atom stereocenters. The van der Waals surface area contributed by atoms with Crippen LogP contribution in [0.25, 0.3) is 0 Å². The third-order valence-electron chi connectivity index (χ3n) is 4.21. The highest BCUT2D eigenvalue weighted by atomic mass is 32.2. The number of nitrogens with one attached hydrogen (secondary N) is 2. The lowest BCUT2D eigenvalue weighted by Gasteiger charge is -2.50. The molecule has 1 aromatic carbocycles. The second-order valence-corrected chi connectivity index (χ2v) is 7.44. The zero-order chi connectivity index (χ0) is 15.0. The average molecular weight is 298 g/mol. The molecule has 0 aromatic heterocycles. The maximum absolute atomic E-state index is 12.3. The first-order valence-corrected chi connectivity index (χ1v) is 8.12. The lowest BCUT2D eigenvalue weighted by atomic mass is 9.65. The van der Waals surface area contributed by atoms with Crippen LogP contribution in [0.5, 0.6) is 0 Å². The van der Waals surface area contributed by atoms with Crippen molar-refractivity contribution in [2.45, 2.75) is 37.3 Å². The quantitative estimate of drug-likeness (QED) is 0.870. The third kappa shape index (κ3) is 2.68. The molecule has 0 bridgehead atoms. The van der Waals surface area contributed by atoms with Crippen LogP contribution in [0.2, 0.25) is 0 Å². The first-order chi connectivity index (χ1) is 9.31. The number of benzene rings is 1. The Bertz CT molecular complexity index is 567. The predicted molar refractivity (Wildman–Crippen MR) is 79.3 cm³/mol. The fourth-order valence-corrected chi connectivity index (χ4v) is 3.95. The van der Waals surface area contributed by atoms with Gasteiger partial charge in [-0.25, -0.2) is 13.1 Å². The van der Waals surface area contributed by atoms with E-state index in [1.165, 1.54) is 0 Å². The van der Waals surface area contributed by atoms with Crippen molar-refractivity contribution in [2.75, 3.05) is 19.5 Å². The molecule has 1 aliphatic carbocycles. The minimum absolute atomic E-state index is 0.0959. The van der Waals surface area contributed by atoms with Crippen molar-refractivity contribution in [1.82, 2.24) is 4.72 Å². The zero-order valence-electron chi connectivity index (χ0n) is 12.3.